The molecule has 0 aliphatic carbocycles. The summed E-state index contributed by atoms with van der Waals surface area (Å²) in [4.78, 5) is 17.7. The first kappa shape index (κ1) is 20.6. The number of ether oxygens (including phenoxy) is 1. The molecule has 0 aliphatic rings. The van der Waals surface area contributed by atoms with Crippen molar-refractivity contribution in [2.75, 3.05) is 6.61 Å². The summed E-state index contributed by atoms with van der Waals surface area (Å²) < 4.78 is 7.44. The third-order valence-corrected chi connectivity index (χ3v) is 5.33. The lowest BCUT2D eigenvalue weighted by Crippen LogP contribution is -2.27. The van der Waals surface area contributed by atoms with Crippen LogP contribution >= 0.6 is 0 Å². The van der Waals surface area contributed by atoms with Gasteiger partial charge in [0.1, 0.15) is 5.75 Å². The minimum atomic E-state index is -0.213. The Morgan fingerprint density at radius 3 is 2.74 bits per heavy atom. The average molecular weight is 415 g/mol. The van der Waals surface area contributed by atoms with Crippen molar-refractivity contribution < 1.29 is 9.53 Å². The maximum atomic E-state index is 13.0. The number of aryl methyl sites for hydroxylation is 1. The molecule has 0 aliphatic heterocycles. The molecule has 4 aromatic rings. The number of rotatable bonds is 6. The van der Waals surface area contributed by atoms with Crippen molar-refractivity contribution in [1.29, 1.82) is 0 Å². The van der Waals surface area contributed by atoms with Gasteiger partial charge in [-0.2, -0.15) is 5.10 Å². The molecule has 1 unspecified atom stereocenters. The number of nitrogens with one attached hydrogen (secondary N) is 1. The fraction of sp³-hybridized carbons (Fsp3) is 0.240. The van der Waals surface area contributed by atoms with Crippen molar-refractivity contribution >= 4 is 16.8 Å². The maximum absolute atomic E-state index is 13.0. The van der Waals surface area contributed by atoms with Crippen LogP contribution < -0.4 is 10.1 Å². The van der Waals surface area contributed by atoms with E-state index in [1.165, 1.54) is 0 Å². The highest BCUT2D eigenvalue weighted by molar-refractivity contribution is 5.95. The third-order valence-electron chi connectivity index (χ3n) is 5.33. The first-order valence-electron chi connectivity index (χ1n) is 10.4. The molecule has 0 fully saturated rings. The monoisotopic (exact) mass is 414 g/mol. The average Bonchev–Trinajstić information content (AvgIpc) is 3.16. The fourth-order valence-corrected chi connectivity index (χ4v) is 3.68. The van der Waals surface area contributed by atoms with Crippen LogP contribution in [0.1, 0.15) is 47.1 Å². The van der Waals surface area contributed by atoms with Gasteiger partial charge in [-0.15, -0.1) is 0 Å². The number of hydrogen-bond acceptors (Lipinski definition) is 4. The molecule has 0 radical (unpaired) electrons. The topological polar surface area (TPSA) is 69.0 Å². The molecule has 6 nitrogen and oxygen atoms in total. The molecule has 0 spiro atoms. The van der Waals surface area contributed by atoms with Crippen LogP contribution in [0.3, 0.4) is 0 Å². The van der Waals surface area contributed by atoms with Gasteiger partial charge in [0.25, 0.3) is 5.91 Å². The normalized spacial score (nSPS) is 12.0. The van der Waals surface area contributed by atoms with E-state index in [9.17, 15) is 4.79 Å². The van der Waals surface area contributed by atoms with E-state index in [4.69, 9.17) is 4.74 Å². The van der Waals surface area contributed by atoms with Gasteiger partial charge in [0.15, 0.2) is 5.82 Å². The van der Waals surface area contributed by atoms with Crippen LogP contribution in [0.5, 0.6) is 5.75 Å². The van der Waals surface area contributed by atoms with Crippen molar-refractivity contribution in [1.82, 2.24) is 20.1 Å². The van der Waals surface area contributed by atoms with E-state index in [-0.39, 0.29) is 11.9 Å². The molecule has 2 aromatic heterocycles. The number of carbonyl (C=O) groups excluding carboxylic acids is 1. The van der Waals surface area contributed by atoms with Gasteiger partial charge in [-0.05, 0) is 52.0 Å². The molecule has 0 bridgehead atoms. The summed E-state index contributed by atoms with van der Waals surface area (Å²) in [6.45, 7) is 8.38. The molecule has 2 aromatic carbocycles. The highest BCUT2D eigenvalue weighted by Gasteiger charge is 2.20. The van der Waals surface area contributed by atoms with Crippen LogP contribution in [-0.2, 0) is 0 Å². The van der Waals surface area contributed by atoms with E-state index in [0.29, 0.717) is 18.0 Å². The number of benzene rings is 2. The molecule has 1 amide bonds. The summed E-state index contributed by atoms with van der Waals surface area (Å²) in [5.41, 5.74) is 4.22. The summed E-state index contributed by atoms with van der Waals surface area (Å²) in [5, 5.41) is 8.57. The molecule has 31 heavy (non-hydrogen) atoms. The zero-order chi connectivity index (χ0) is 22.0. The Bertz CT molecular complexity index is 1250. The van der Waals surface area contributed by atoms with E-state index in [1.54, 1.807) is 10.9 Å². The predicted molar refractivity (Wildman–Crippen MR) is 122 cm³/mol. The summed E-state index contributed by atoms with van der Waals surface area (Å²) in [6, 6.07) is 17.6. The Labute approximate surface area is 181 Å². The van der Waals surface area contributed by atoms with Crippen LogP contribution in [0, 0.1) is 13.8 Å². The minimum absolute atomic E-state index is 0.180. The second-order valence-corrected chi connectivity index (χ2v) is 7.59. The van der Waals surface area contributed by atoms with Crippen LogP contribution in [0.4, 0.5) is 0 Å². The molecule has 4 rings (SSSR count). The Morgan fingerprint density at radius 1 is 1.13 bits per heavy atom. The standard InChI is InChI=1S/C25H26N4O2/c1-5-31-23-12-10-16(2)14-20(23)17(3)27-25(30)21-15-26-29(18(21)4)24-13-11-19-8-6-7-9-22(19)28-24/h6-15,17H,5H2,1-4H3,(H,27,30). The van der Waals surface area contributed by atoms with E-state index in [1.807, 2.05) is 82.3 Å². The highest BCUT2D eigenvalue weighted by atomic mass is 16.5. The number of fused-ring (bicyclic) bond motifs is 1. The van der Waals surface area contributed by atoms with Crippen LogP contribution in [0.25, 0.3) is 16.7 Å². The van der Waals surface area contributed by atoms with Crippen LogP contribution in [0.2, 0.25) is 0 Å². The molecule has 0 saturated heterocycles. The maximum Gasteiger partial charge on any atom is 0.255 e. The van der Waals surface area contributed by atoms with Gasteiger partial charge in [-0.3, -0.25) is 4.79 Å². The summed E-state index contributed by atoms with van der Waals surface area (Å²) in [7, 11) is 0. The summed E-state index contributed by atoms with van der Waals surface area (Å²) >= 11 is 0. The molecular weight excluding hydrogens is 388 g/mol. The molecule has 6 heteroatoms. The van der Waals surface area contributed by atoms with Gasteiger partial charge in [0.2, 0.25) is 0 Å². The minimum Gasteiger partial charge on any atom is -0.494 e. The van der Waals surface area contributed by atoms with Crippen molar-refractivity contribution in [3.05, 3.63) is 83.2 Å². The van der Waals surface area contributed by atoms with Gasteiger partial charge in [0, 0.05) is 10.9 Å². The van der Waals surface area contributed by atoms with Gasteiger partial charge < -0.3 is 10.1 Å². The van der Waals surface area contributed by atoms with Crippen molar-refractivity contribution in [3.8, 4) is 11.6 Å². The number of nitrogens with zero attached hydrogens (tertiary/aromatic N) is 3. The molecule has 2 heterocycles. The summed E-state index contributed by atoms with van der Waals surface area (Å²) in [5.74, 6) is 1.29. The Kier molecular flexibility index (Phi) is 5.71. The lowest BCUT2D eigenvalue weighted by atomic mass is 10.0. The van der Waals surface area contributed by atoms with Crippen LogP contribution in [0.15, 0.2) is 60.8 Å². The Balaban J connectivity index is 1.59. The first-order valence-corrected chi connectivity index (χ1v) is 10.4. The third kappa shape index (κ3) is 4.14. The molecule has 0 saturated carbocycles. The van der Waals surface area contributed by atoms with Crippen molar-refractivity contribution in [2.45, 2.75) is 33.7 Å². The highest BCUT2D eigenvalue weighted by Crippen LogP contribution is 2.27. The number of hydrogen-bond donors (Lipinski definition) is 1. The second kappa shape index (κ2) is 8.60. The second-order valence-electron chi connectivity index (χ2n) is 7.59. The number of para-hydroxylation sites is 1. The van der Waals surface area contributed by atoms with Gasteiger partial charge >= 0.3 is 0 Å². The van der Waals surface area contributed by atoms with Crippen LogP contribution in [-0.4, -0.2) is 27.3 Å². The summed E-state index contributed by atoms with van der Waals surface area (Å²) in [6.07, 6.45) is 1.59. The SMILES string of the molecule is CCOc1ccc(C)cc1C(C)NC(=O)c1cnn(-c2ccc3ccccc3n2)c1C. The van der Waals surface area contributed by atoms with Crippen molar-refractivity contribution in [3.63, 3.8) is 0 Å². The van der Waals surface area contributed by atoms with E-state index in [0.717, 1.165) is 33.5 Å². The predicted octanol–water partition coefficient (Wildman–Crippen LogP) is 4.93. The van der Waals surface area contributed by atoms with E-state index in [2.05, 4.69) is 15.4 Å². The Hall–Kier alpha value is -3.67. The quantitative estimate of drug-likeness (QED) is 0.486. The van der Waals surface area contributed by atoms with Gasteiger partial charge in [-0.1, -0.05) is 35.9 Å². The van der Waals surface area contributed by atoms with E-state index < -0.39 is 0 Å². The van der Waals surface area contributed by atoms with E-state index >= 15 is 0 Å². The molecule has 1 N–H and O–H groups in total. The Morgan fingerprint density at radius 2 is 1.94 bits per heavy atom. The zero-order valence-corrected chi connectivity index (χ0v) is 18.2. The molecule has 158 valence electrons. The number of aromatic nitrogens is 3. The smallest absolute Gasteiger partial charge is 0.255 e. The number of pyridine rings is 1. The molecular formula is C25H26N4O2. The molecule has 1 atom stereocenters. The largest absolute Gasteiger partial charge is 0.494 e. The van der Waals surface area contributed by atoms with Gasteiger partial charge in [0.05, 0.1) is 35.6 Å². The zero-order valence-electron chi connectivity index (χ0n) is 18.2. The number of carbonyl (C=O) groups is 1. The lowest BCUT2D eigenvalue weighted by Gasteiger charge is -2.18. The lowest BCUT2D eigenvalue weighted by molar-refractivity contribution is 0.0938. The van der Waals surface area contributed by atoms with Gasteiger partial charge in [-0.25, -0.2) is 9.67 Å². The fourth-order valence-electron chi connectivity index (χ4n) is 3.68. The number of amides is 1. The van der Waals surface area contributed by atoms with Crippen molar-refractivity contribution in [2.24, 2.45) is 0 Å². The first-order chi connectivity index (χ1) is 15.0.